The van der Waals surface area contributed by atoms with Crippen LogP contribution < -0.4 is 15.4 Å². The van der Waals surface area contributed by atoms with Crippen LogP contribution >= 0.6 is 35.6 Å². The molecule has 1 unspecified atom stereocenters. The maximum atomic E-state index is 6.10. The first kappa shape index (κ1) is 20.3. The second kappa shape index (κ2) is 11.9. The Kier molecular flexibility index (Phi) is 11.5. The van der Waals surface area contributed by atoms with E-state index in [0.29, 0.717) is 11.6 Å². The summed E-state index contributed by atoms with van der Waals surface area (Å²) in [6.07, 6.45) is 2.01. The van der Waals surface area contributed by atoms with E-state index in [2.05, 4.69) is 29.5 Å². The quantitative estimate of drug-likeness (QED) is 0.398. The summed E-state index contributed by atoms with van der Waals surface area (Å²) in [7, 11) is 1.76. The molecule has 1 rings (SSSR count). The molecule has 21 heavy (non-hydrogen) atoms. The lowest BCUT2D eigenvalue weighted by Crippen LogP contribution is -2.42. The van der Waals surface area contributed by atoms with E-state index in [9.17, 15) is 0 Å². The van der Waals surface area contributed by atoms with Gasteiger partial charge in [0.25, 0.3) is 0 Å². The van der Waals surface area contributed by atoms with Crippen molar-refractivity contribution in [3.05, 3.63) is 29.3 Å². The van der Waals surface area contributed by atoms with Crippen molar-refractivity contribution in [1.29, 1.82) is 0 Å². The Morgan fingerprint density at radius 1 is 1.29 bits per heavy atom. The predicted octanol–water partition coefficient (Wildman–Crippen LogP) is 3.69. The summed E-state index contributed by atoms with van der Waals surface area (Å²) in [6.45, 7) is 5.80. The van der Waals surface area contributed by atoms with Gasteiger partial charge in [-0.25, -0.2) is 0 Å². The van der Waals surface area contributed by atoms with Gasteiger partial charge in [-0.15, -0.1) is 24.0 Å². The van der Waals surface area contributed by atoms with E-state index in [1.807, 2.05) is 24.3 Å². The number of guanidine groups is 1. The van der Waals surface area contributed by atoms with Crippen molar-refractivity contribution in [1.82, 2.24) is 10.6 Å². The highest BCUT2D eigenvalue weighted by molar-refractivity contribution is 14.0. The van der Waals surface area contributed by atoms with Crippen molar-refractivity contribution >= 4 is 41.5 Å². The topological polar surface area (TPSA) is 45.7 Å². The minimum Gasteiger partial charge on any atom is -0.487 e. The Bertz CT molecular complexity index is 429. The third-order valence-electron chi connectivity index (χ3n) is 2.85. The fraction of sp³-hybridized carbons (Fsp3) is 0.533. The molecular weight excluding hydrogens is 401 g/mol. The van der Waals surface area contributed by atoms with Gasteiger partial charge in [0.15, 0.2) is 5.96 Å². The molecule has 6 heteroatoms. The molecule has 1 aromatic rings. The Hall–Kier alpha value is -0.690. The van der Waals surface area contributed by atoms with Crippen molar-refractivity contribution in [3.8, 4) is 5.75 Å². The van der Waals surface area contributed by atoms with Gasteiger partial charge < -0.3 is 15.4 Å². The zero-order valence-electron chi connectivity index (χ0n) is 12.9. The average molecular weight is 426 g/mol. The van der Waals surface area contributed by atoms with Crippen molar-refractivity contribution < 1.29 is 4.74 Å². The van der Waals surface area contributed by atoms with E-state index in [0.717, 1.165) is 31.1 Å². The summed E-state index contributed by atoms with van der Waals surface area (Å²) >= 11 is 6.10. The number of benzene rings is 1. The Morgan fingerprint density at radius 3 is 2.57 bits per heavy atom. The van der Waals surface area contributed by atoms with Crippen molar-refractivity contribution in [3.63, 3.8) is 0 Å². The van der Waals surface area contributed by atoms with Gasteiger partial charge in [-0.2, -0.15) is 0 Å². The van der Waals surface area contributed by atoms with Crippen LogP contribution in [0.25, 0.3) is 0 Å². The van der Waals surface area contributed by atoms with Crippen LogP contribution in [0.2, 0.25) is 5.02 Å². The molecule has 0 aliphatic carbocycles. The molecule has 0 amide bonds. The molecule has 2 N–H and O–H groups in total. The van der Waals surface area contributed by atoms with Crippen molar-refractivity contribution in [2.24, 2.45) is 4.99 Å². The maximum absolute atomic E-state index is 6.10. The third-order valence-corrected chi connectivity index (χ3v) is 3.16. The second-order valence-corrected chi connectivity index (χ2v) is 4.87. The minimum atomic E-state index is 0. The van der Waals surface area contributed by atoms with Gasteiger partial charge in [-0.3, -0.25) is 4.99 Å². The fourth-order valence-electron chi connectivity index (χ4n) is 1.66. The van der Waals surface area contributed by atoms with E-state index in [-0.39, 0.29) is 30.1 Å². The van der Waals surface area contributed by atoms with Gasteiger partial charge in [0.2, 0.25) is 0 Å². The van der Waals surface area contributed by atoms with Gasteiger partial charge in [0.05, 0.1) is 11.6 Å². The average Bonchev–Trinajstić information content (AvgIpc) is 2.48. The molecule has 0 aromatic heterocycles. The van der Waals surface area contributed by atoms with Gasteiger partial charge in [0.1, 0.15) is 11.9 Å². The number of aliphatic imine (C=N–C) groups is 1. The summed E-state index contributed by atoms with van der Waals surface area (Å²) in [4.78, 5) is 4.17. The molecule has 0 aliphatic heterocycles. The highest BCUT2D eigenvalue weighted by atomic mass is 127. The van der Waals surface area contributed by atoms with E-state index >= 15 is 0 Å². The molecule has 0 bridgehead atoms. The maximum Gasteiger partial charge on any atom is 0.191 e. The number of hydrogen-bond acceptors (Lipinski definition) is 2. The van der Waals surface area contributed by atoms with Gasteiger partial charge in [-0.05, 0) is 25.0 Å². The molecule has 0 radical (unpaired) electrons. The monoisotopic (exact) mass is 425 g/mol. The van der Waals surface area contributed by atoms with E-state index in [1.165, 1.54) is 0 Å². The molecule has 0 saturated heterocycles. The summed E-state index contributed by atoms with van der Waals surface area (Å²) in [5, 5.41) is 7.14. The highest BCUT2D eigenvalue weighted by Gasteiger charge is 2.11. The van der Waals surface area contributed by atoms with E-state index in [4.69, 9.17) is 16.3 Å². The Balaban J connectivity index is 0.00000400. The van der Waals surface area contributed by atoms with Crippen LogP contribution in [0.1, 0.15) is 26.7 Å². The molecule has 0 saturated carbocycles. The zero-order chi connectivity index (χ0) is 14.8. The van der Waals surface area contributed by atoms with Crippen LogP contribution in [0.5, 0.6) is 5.75 Å². The normalized spacial score (nSPS) is 12.3. The second-order valence-electron chi connectivity index (χ2n) is 4.46. The number of hydrogen-bond donors (Lipinski definition) is 2. The zero-order valence-corrected chi connectivity index (χ0v) is 15.9. The SMILES string of the molecule is CCCNC(=NC)NCC(CC)Oc1ccccc1Cl.I. The lowest BCUT2D eigenvalue weighted by molar-refractivity contribution is 0.199. The highest BCUT2D eigenvalue weighted by Crippen LogP contribution is 2.24. The van der Waals surface area contributed by atoms with Crippen molar-refractivity contribution in [2.75, 3.05) is 20.1 Å². The molecule has 120 valence electrons. The van der Waals surface area contributed by atoms with E-state index < -0.39 is 0 Å². The first-order valence-electron chi connectivity index (χ1n) is 7.06. The first-order valence-corrected chi connectivity index (χ1v) is 7.44. The summed E-state index contributed by atoms with van der Waals surface area (Å²) in [5.41, 5.74) is 0. The number of halogens is 2. The molecule has 4 nitrogen and oxygen atoms in total. The van der Waals surface area contributed by atoms with Crippen LogP contribution in [0.3, 0.4) is 0 Å². The molecular formula is C15H25ClIN3O. The molecule has 0 fully saturated rings. The Morgan fingerprint density at radius 2 is 2.00 bits per heavy atom. The van der Waals surface area contributed by atoms with E-state index in [1.54, 1.807) is 7.05 Å². The predicted molar refractivity (Wildman–Crippen MR) is 101 cm³/mol. The fourth-order valence-corrected chi connectivity index (χ4v) is 1.84. The van der Waals surface area contributed by atoms with Gasteiger partial charge in [0, 0.05) is 13.6 Å². The minimum absolute atomic E-state index is 0. The van der Waals surface area contributed by atoms with Crippen LogP contribution in [0.4, 0.5) is 0 Å². The standard InChI is InChI=1S/C15H24ClN3O.HI/c1-4-10-18-15(17-3)19-11-12(5-2)20-14-9-7-6-8-13(14)16;/h6-9,12H,4-5,10-11H2,1-3H3,(H2,17,18,19);1H. The molecule has 0 heterocycles. The molecule has 1 aromatic carbocycles. The number of ether oxygens (including phenoxy) is 1. The summed E-state index contributed by atoms with van der Waals surface area (Å²) in [5.74, 6) is 1.52. The van der Waals surface area contributed by atoms with Crippen LogP contribution in [-0.2, 0) is 0 Å². The van der Waals surface area contributed by atoms with Crippen LogP contribution in [-0.4, -0.2) is 32.2 Å². The summed E-state index contributed by atoms with van der Waals surface area (Å²) < 4.78 is 5.92. The van der Waals surface area contributed by atoms with Gasteiger partial charge in [-0.1, -0.05) is 37.6 Å². The van der Waals surface area contributed by atoms with Gasteiger partial charge >= 0.3 is 0 Å². The lowest BCUT2D eigenvalue weighted by Gasteiger charge is -2.20. The summed E-state index contributed by atoms with van der Waals surface area (Å²) in [6, 6.07) is 7.53. The molecule has 0 spiro atoms. The number of para-hydroxylation sites is 1. The van der Waals surface area contributed by atoms with Crippen LogP contribution in [0, 0.1) is 0 Å². The van der Waals surface area contributed by atoms with Crippen LogP contribution in [0.15, 0.2) is 29.3 Å². The number of nitrogens with zero attached hydrogens (tertiary/aromatic N) is 1. The Labute approximate surface area is 149 Å². The molecule has 1 atom stereocenters. The number of rotatable bonds is 7. The molecule has 0 aliphatic rings. The lowest BCUT2D eigenvalue weighted by atomic mass is 10.2. The largest absolute Gasteiger partial charge is 0.487 e. The third kappa shape index (κ3) is 7.76. The number of nitrogens with one attached hydrogen (secondary N) is 2. The first-order chi connectivity index (χ1) is 9.71. The smallest absolute Gasteiger partial charge is 0.191 e. The van der Waals surface area contributed by atoms with Crippen molar-refractivity contribution in [2.45, 2.75) is 32.8 Å².